The average Bonchev–Trinajstić information content (AvgIpc) is 3.65. The van der Waals surface area contributed by atoms with Gasteiger partial charge in [-0.25, -0.2) is 9.97 Å². The summed E-state index contributed by atoms with van der Waals surface area (Å²) in [5.41, 5.74) is 9.95. The smallest absolute Gasteiger partial charge is 0.147 e. The Morgan fingerprint density at radius 1 is 0.604 bits per heavy atom. The highest BCUT2D eigenvalue weighted by molar-refractivity contribution is 5.93. The number of rotatable bonds is 12. The molecule has 0 saturated carbocycles. The van der Waals surface area contributed by atoms with E-state index in [9.17, 15) is 15.0 Å². The number of hydrogen-bond acceptors (Lipinski definition) is 5. The summed E-state index contributed by atoms with van der Waals surface area (Å²) in [4.78, 5) is 23.9. The van der Waals surface area contributed by atoms with Crippen molar-refractivity contribution in [1.29, 1.82) is 0 Å². The number of ketones is 1. The number of benzene rings is 4. The van der Waals surface area contributed by atoms with Crippen molar-refractivity contribution in [2.45, 2.75) is 91.3 Å². The lowest BCUT2D eigenvalue weighted by Gasteiger charge is -2.17. The van der Waals surface area contributed by atoms with Gasteiger partial charge in [-0.1, -0.05) is 64.1 Å². The fourth-order valence-corrected chi connectivity index (χ4v) is 6.83. The monoisotopic (exact) mass is 642 g/mol. The van der Waals surface area contributed by atoms with Gasteiger partial charge in [-0.15, -0.1) is 0 Å². The van der Waals surface area contributed by atoms with E-state index in [0.717, 1.165) is 80.2 Å². The second kappa shape index (κ2) is 13.9. The molecule has 2 N–H and O–H groups in total. The molecule has 6 aromatic rings. The molecule has 4 atom stereocenters. The summed E-state index contributed by atoms with van der Waals surface area (Å²) in [6, 6.07) is 29.0. The van der Waals surface area contributed by atoms with Crippen LogP contribution in [0.5, 0.6) is 0 Å². The summed E-state index contributed by atoms with van der Waals surface area (Å²) in [6.07, 6.45) is 2.03. The van der Waals surface area contributed by atoms with E-state index in [1.807, 2.05) is 13.8 Å². The normalized spacial score (nSPS) is 14.3. The van der Waals surface area contributed by atoms with Crippen LogP contribution in [0.15, 0.2) is 84.9 Å². The molecule has 0 spiro atoms. The van der Waals surface area contributed by atoms with Crippen LogP contribution in [0.25, 0.3) is 33.4 Å². The third-order valence-corrected chi connectivity index (χ3v) is 9.43. The molecule has 0 bridgehead atoms. The number of imidazole rings is 2. The molecule has 0 aliphatic heterocycles. The van der Waals surface area contributed by atoms with Crippen LogP contribution < -0.4 is 0 Å². The quantitative estimate of drug-likeness (QED) is 0.142. The van der Waals surface area contributed by atoms with Crippen LogP contribution >= 0.6 is 0 Å². The fraction of sp³-hybridized carbons (Fsp3) is 0.341. The summed E-state index contributed by atoms with van der Waals surface area (Å²) in [5, 5.41) is 19.5. The zero-order chi connectivity index (χ0) is 34.1. The van der Waals surface area contributed by atoms with Gasteiger partial charge in [0.05, 0.1) is 34.3 Å². The van der Waals surface area contributed by atoms with Crippen LogP contribution in [0.3, 0.4) is 0 Å². The van der Waals surface area contributed by atoms with Gasteiger partial charge >= 0.3 is 0 Å². The van der Waals surface area contributed by atoms with Crippen LogP contribution in [-0.4, -0.2) is 47.3 Å². The van der Waals surface area contributed by atoms with Gasteiger partial charge < -0.3 is 10.2 Å². The first-order valence-corrected chi connectivity index (χ1v) is 17.2. The maximum Gasteiger partial charge on any atom is 0.147 e. The number of aryl methyl sites for hydroxylation is 2. The third kappa shape index (κ3) is 6.58. The van der Waals surface area contributed by atoms with Crippen molar-refractivity contribution in [2.24, 2.45) is 0 Å². The predicted octanol–water partition coefficient (Wildman–Crippen LogP) is 7.81. The number of fused-ring (bicyclic) bond motifs is 2. The van der Waals surface area contributed by atoms with Crippen molar-refractivity contribution < 1.29 is 15.0 Å². The molecule has 0 aliphatic rings. The summed E-state index contributed by atoms with van der Waals surface area (Å²) >= 11 is 0. The Morgan fingerprint density at radius 3 is 1.31 bits per heavy atom. The first-order valence-electron chi connectivity index (χ1n) is 17.2. The second-order valence-corrected chi connectivity index (χ2v) is 13.2. The Kier molecular flexibility index (Phi) is 9.63. The first-order chi connectivity index (χ1) is 23.1. The van der Waals surface area contributed by atoms with E-state index >= 15 is 0 Å². The molecule has 0 saturated heterocycles. The van der Waals surface area contributed by atoms with E-state index in [-0.39, 0.29) is 29.8 Å². The van der Waals surface area contributed by atoms with Crippen molar-refractivity contribution in [3.05, 3.63) is 119 Å². The van der Waals surface area contributed by atoms with Gasteiger partial charge in [0.25, 0.3) is 0 Å². The van der Waals surface area contributed by atoms with Crippen molar-refractivity contribution in [2.75, 3.05) is 0 Å². The fourth-order valence-electron chi connectivity index (χ4n) is 6.83. The minimum absolute atomic E-state index is 0.154. The number of carbonyl (C=O) groups is 1. The number of carbonyl (C=O) groups excluding carboxylic acids is 1. The molecule has 0 amide bonds. The minimum atomic E-state index is -0.381. The molecule has 6 rings (SSSR count). The highest BCUT2D eigenvalue weighted by atomic mass is 16.3. The molecule has 48 heavy (non-hydrogen) atoms. The largest absolute Gasteiger partial charge is 0.393 e. The summed E-state index contributed by atoms with van der Waals surface area (Å²) < 4.78 is 4.37. The Bertz CT molecular complexity index is 1910. The maximum atomic E-state index is 13.9. The topological polar surface area (TPSA) is 93.2 Å². The van der Waals surface area contributed by atoms with Crippen LogP contribution in [0, 0.1) is 0 Å². The van der Waals surface area contributed by atoms with Gasteiger partial charge in [0.1, 0.15) is 17.4 Å². The lowest BCUT2D eigenvalue weighted by atomic mass is 9.85. The summed E-state index contributed by atoms with van der Waals surface area (Å²) in [5.74, 6) is 1.47. The Balaban J connectivity index is 1.25. The average molecular weight is 643 g/mol. The molecular formula is C41H46N4O3. The van der Waals surface area contributed by atoms with E-state index in [4.69, 9.17) is 9.97 Å². The first kappa shape index (κ1) is 33.3. The molecule has 4 unspecified atom stereocenters. The zero-order valence-electron chi connectivity index (χ0n) is 28.8. The second-order valence-electron chi connectivity index (χ2n) is 13.2. The summed E-state index contributed by atoms with van der Waals surface area (Å²) in [6.45, 7) is 11.8. The molecule has 2 aromatic heterocycles. The van der Waals surface area contributed by atoms with Gasteiger partial charge in [-0.2, -0.15) is 0 Å². The molecule has 0 radical (unpaired) electrons. The van der Waals surface area contributed by atoms with Crippen LogP contribution in [0.1, 0.15) is 87.3 Å². The summed E-state index contributed by atoms with van der Waals surface area (Å²) in [7, 11) is 0. The molecular weight excluding hydrogens is 596 g/mol. The number of Topliss-reactive ketones (excluding diaryl/α,β-unsaturated/α-hetero) is 1. The molecule has 0 aliphatic carbocycles. The highest BCUT2D eigenvalue weighted by Gasteiger charge is 2.25. The number of nitrogens with zero attached hydrogens (tertiary/aromatic N) is 4. The number of hydrogen-bond donors (Lipinski definition) is 2. The Labute approximate surface area is 282 Å². The van der Waals surface area contributed by atoms with Crippen molar-refractivity contribution in [3.8, 4) is 11.4 Å². The van der Waals surface area contributed by atoms with E-state index in [1.54, 1.807) is 13.8 Å². The Morgan fingerprint density at radius 2 is 0.979 bits per heavy atom. The third-order valence-electron chi connectivity index (χ3n) is 9.43. The van der Waals surface area contributed by atoms with Crippen molar-refractivity contribution >= 4 is 27.9 Å². The maximum absolute atomic E-state index is 13.9. The molecule has 0 fully saturated rings. The van der Waals surface area contributed by atoms with Crippen LogP contribution in [0.4, 0.5) is 0 Å². The number of aliphatic hydroxyl groups excluding tert-OH is 2. The Hall–Kier alpha value is -4.59. The van der Waals surface area contributed by atoms with Gasteiger partial charge in [-0.05, 0) is 97.5 Å². The standard InChI is InChI=1S/C41H46N4O3/c1-7-39-42-35-23-31(13-19-37(35)44(39)33-15-9-29(10-16-33)21-25(3)46)27(5)41(48)28(6)32-14-20-38-36(24-32)43-40(8-2)45(38)34-17-11-30(12-18-34)22-26(4)47/h9-20,23-28,46-47H,7-8,21-22H2,1-6H3. The minimum Gasteiger partial charge on any atom is -0.393 e. The number of aliphatic hydroxyl groups is 2. The van der Waals surface area contributed by atoms with Gasteiger partial charge in [-0.3, -0.25) is 13.9 Å². The van der Waals surface area contributed by atoms with E-state index in [1.165, 1.54) is 0 Å². The molecule has 248 valence electrons. The van der Waals surface area contributed by atoms with Crippen LogP contribution in [0.2, 0.25) is 0 Å². The molecule has 7 nitrogen and oxygen atoms in total. The van der Waals surface area contributed by atoms with Gasteiger partial charge in [0.15, 0.2) is 0 Å². The SMILES string of the molecule is CCc1nc2cc(C(C)C(=O)C(C)c3ccc4c(c3)nc(CC)n4-c3ccc(CC(C)O)cc3)ccc2n1-c1ccc(CC(C)O)cc1. The predicted molar refractivity (Wildman–Crippen MR) is 194 cm³/mol. The van der Waals surface area contributed by atoms with E-state index < -0.39 is 0 Å². The lowest BCUT2D eigenvalue weighted by Crippen LogP contribution is -2.16. The number of aromatic nitrogens is 4. The van der Waals surface area contributed by atoms with E-state index in [2.05, 4.69) is 108 Å². The molecule has 4 aromatic carbocycles. The molecule has 7 heteroatoms. The van der Waals surface area contributed by atoms with Crippen LogP contribution in [-0.2, 0) is 30.5 Å². The molecule has 2 heterocycles. The van der Waals surface area contributed by atoms with E-state index in [0.29, 0.717) is 12.8 Å². The van der Waals surface area contributed by atoms with Crippen molar-refractivity contribution in [1.82, 2.24) is 19.1 Å². The highest BCUT2D eigenvalue weighted by Crippen LogP contribution is 2.32. The lowest BCUT2D eigenvalue weighted by molar-refractivity contribution is -0.121. The van der Waals surface area contributed by atoms with Gasteiger partial charge in [0.2, 0.25) is 0 Å². The van der Waals surface area contributed by atoms with Gasteiger partial charge in [0, 0.05) is 36.1 Å². The zero-order valence-corrected chi connectivity index (χ0v) is 28.8. The van der Waals surface area contributed by atoms with Crippen molar-refractivity contribution in [3.63, 3.8) is 0 Å².